The molecule has 3 heteroatoms. The largest absolute Gasteiger partial charge is 0.456 e. The lowest BCUT2D eigenvalue weighted by Gasteiger charge is -2.19. The zero-order chi connectivity index (χ0) is 36.3. The third-order valence-corrected chi connectivity index (χ3v) is 10.3. The summed E-state index contributed by atoms with van der Waals surface area (Å²) in [7, 11) is 0. The van der Waals surface area contributed by atoms with Crippen LogP contribution < -0.4 is 0 Å². The number of furan rings is 1. The van der Waals surface area contributed by atoms with Crippen molar-refractivity contribution in [3.8, 4) is 39.4 Å². The second-order valence-electron chi connectivity index (χ2n) is 13.6. The van der Waals surface area contributed by atoms with Crippen molar-refractivity contribution in [1.29, 1.82) is 10.7 Å². The molecule has 3 nitrogen and oxygen atoms in total. The van der Waals surface area contributed by atoms with Gasteiger partial charge < -0.3 is 9.83 Å². The number of fused-ring (bicyclic) bond motifs is 4. The SMILES string of the molecule is C=C/C=C(\CC(CC)C(=N)c1cccc(-c2ccc3cc(-c4ccc5oc6ccc(-c7ccc(C#N)cc7)cc6c5c4)ccc3c2)c1)c1ccccc1. The summed E-state index contributed by atoms with van der Waals surface area (Å²) in [6, 6.07) is 54.7. The monoisotopic (exact) mass is 682 g/mol. The number of allylic oxidation sites excluding steroid dienone is 3. The Labute approximate surface area is 310 Å². The summed E-state index contributed by atoms with van der Waals surface area (Å²) in [4.78, 5) is 0. The van der Waals surface area contributed by atoms with E-state index in [1.807, 2.05) is 42.5 Å². The Morgan fingerprint density at radius 2 is 1.19 bits per heavy atom. The normalized spacial score (nSPS) is 12.2. The molecule has 0 bridgehead atoms. The lowest BCUT2D eigenvalue weighted by atomic mass is 9.85. The summed E-state index contributed by atoms with van der Waals surface area (Å²) < 4.78 is 6.22. The van der Waals surface area contributed by atoms with E-state index >= 15 is 0 Å². The van der Waals surface area contributed by atoms with Crippen LogP contribution in [0.1, 0.15) is 36.5 Å². The number of nitrogens with zero attached hydrogens (tertiary/aromatic N) is 1. The number of nitriles is 1. The van der Waals surface area contributed by atoms with Gasteiger partial charge in [-0.3, -0.25) is 0 Å². The molecular weight excluding hydrogens is 645 g/mol. The van der Waals surface area contributed by atoms with Crippen molar-refractivity contribution >= 4 is 44.0 Å². The Balaban J connectivity index is 1.06. The van der Waals surface area contributed by atoms with Crippen LogP contribution in [0.4, 0.5) is 0 Å². The fraction of sp³-hybridized carbons (Fsp3) is 0.0800. The van der Waals surface area contributed by atoms with Gasteiger partial charge in [-0.25, -0.2) is 0 Å². The Bertz CT molecular complexity index is 2720. The molecule has 254 valence electrons. The van der Waals surface area contributed by atoms with E-state index in [1.54, 1.807) is 0 Å². The molecule has 0 fully saturated rings. The van der Waals surface area contributed by atoms with E-state index in [-0.39, 0.29) is 5.92 Å². The van der Waals surface area contributed by atoms with Crippen LogP contribution in [-0.4, -0.2) is 5.71 Å². The maximum Gasteiger partial charge on any atom is 0.135 e. The maximum atomic E-state index is 9.25. The minimum atomic E-state index is 0.0931. The van der Waals surface area contributed by atoms with Crippen LogP contribution in [0.3, 0.4) is 0 Å². The lowest BCUT2D eigenvalue weighted by molar-refractivity contribution is 0.669. The summed E-state index contributed by atoms with van der Waals surface area (Å²) in [5, 5.41) is 22.9. The first-order valence-electron chi connectivity index (χ1n) is 18.1. The molecule has 0 saturated carbocycles. The first kappa shape index (κ1) is 33.4. The van der Waals surface area contributed by atoms with Gasteiger partial charge in [0.05, 0.1) is 11.6 Å². The first-order chi connectivity index (χ1) is 26.0. The molecule has 0 aliphatic carbocycles. The van der Waals surface area contributed by atoms with E-state index < -0.39 is 0 Å². The van der Waals surface area contributed by atoms with Crippen molar-refractivity contribution in [2.75, 3.05) is 0 Å². The van der Waals surface area contributed by atoms with Crippen molar-refractivity contribution in [3.05, 3.63) is 187 Å². The van der Waals surface area contributed by atoms with Gasteiger partial charge in [-0.2, -0.15) is 5.26 Å². The standard InChI is InChI=1S/C50H38N2O/c1-3-9-37(35-10-6-5-7-11-35)26-34(4-2)50(52)45-13-8-12-38(29-45)39-18-19-41-28-42(21-20-40(41)27-39)44-23-25-49-47(31-44)46-30-43(22-24-48(46)53-49)36-16-14-33(32-51)15-17-36/h3,5-25,27-31,34,52H,1,4,26H2,2H3/b37-9+,52-50?. The smallest absolute Gasteiger partial charge is 0.135 e. The van der Waals surface area contributed by atoms with Crippen molar-refractivity contribution in [3.63, 3.8) is 0 Å². The van der Waals surface area contributed by atoms with Gasteiger partial charge in [0.15, 0.2) is 0 Å². The summed E-state index contributed by atoms with van der Waals surface area (Å²) >= 11 is 0. The Morgan fingerprint density at radius 3 is 1.79 bits per heavy atom. The van der Waals surface area contributed by atoms with Gasteiger partial charge in [0.25, 0.3) is 0 Å². The van der Waals surface area contributed by atoms with E-state index in [0.717, 1.165) is 73.7 Å². The molecule has 1 atom stereocenters. The van der Waals surface area contributed by atoms with Gasteiger partial charge in [-0.15, -0.1) is 0 Å². The van der Waals surface area contributed by atoms with Gasteiger partial charge >= 0.3 is 0 Å². The highest BCUT2D eigenvalue weighted by Gasteiger charge is 2.18. The van der Waals surface area contributed by atoms with Crippen molar-refractivity contribution in [1.82, 2.24) is 0 Å². The Hall–Kier alpha value is -6.76. The molecule has 53 heavy (non-hydrogen) atoms. The topological polar surface area (TPSA) is 60.8 Å². The zero-order valence-corrected chi connectivity index (χ0v) is 29.6. The number of hydrogen-bond acceptors (Lipinski definition) is 3. The molecule has 0 spiro atoms. The molecule has 0 aliphatic heterocycles. The lowest BCUT2D eigenvalue weighted by Crippen LogP contribution is -2.15. The summed E-state index contributed by atoms with van der Waals surface area (Å²) in [6.45, 7) is 6.11. The Morgan fingerprint density at radius 1 is 0.642 bits per heavy atom. The molecule has 0 aliphatic rings. The minimum Gasteiger partial charge on any atom is -0.456 e. The quantitative estimate of drug-likeness (QED) is 0.115. The zero-order valence-electron chi connectivity index (χ0n) is 29.6. The van der Waals surface area contributed by atoms with E-state index in [1.165, 1.54) is 21.9 Å². The fourth-order valence-electron chi connectivity index (χ4n) is 7.37. The van der Waals surface area contributed by atoms with Crippen molar-refractivity contribution in [2.45, 2.75) is 19.8 Å². The molecule has 1 N–H and O–H groups in total. The van der Waals surface area contributed by atoms with Gasteiger partial charge in [-0.1, -0.05) is 123 Å². The molecule has 1 heterocycles. The van der Waals surface area contributed by atoms with Crippen LogP contribution >= 0.6 is 0 Å². The highest BCUT2D eigenvalue weighted by Crippen LogP contribution is 2.36. The maximum absolute atomic E-state index is 9.25. The third-order valence-electron chi connectivity index (χ3n) is 10.3. The second kappa shape index (κ2) is 14.5. The summed E-state index contributed by atoms with van der Waals surface area (Å²) in [5.74, 6) is 0.0931. The highest BCUT2D eigenvalue weighted by molar-refractivity contribution is 6.08. The average molecular weight is 683 g/mol. The third kappa shape index (κ3) is 6.71. The van der Waals surface area contributed by atoms with Crippen LogP contribution in [0.2, 0.25) is 0 Å². The number of nitrogens with one attached hydrogen (secondary N) is 1. The van der Waals surface area contributed by atoms with Crippen molar-refractivity contribution in [2.24, 2.45) is 5.92 Å². The van der Waals surface area contributed by atoms with Crippen LogP contribution in [0.5, 0.6) is 0 Å². The van der Waals surface area contributed by atoms with Crippen LogP contribution in [0.25, 0.3) is 71.7 Å². The summed E-state index contributed by atoms with van der Waals surface area (Å²) in [6.07, 6.45) is 5.59. The van der Waals surface area contributed by atoms with E-state index in [9.17, 15) is 10.7 Å². The molecular formula is C50H38N2O. The Kier molecular flexibility index (Phi) is 9.11. The highest BCUT2D eigenvalue weighted by atomic mass is 16.3. The number of rotatable bonds is 10. The van der Waals surface area contributed by atoms with Gasteiger partial charge in [0.1, 0.15) is 11.2 Å². The molecule has 1 unspecified atom stereocenters. The number of benzene rings is 7. The van der Waals surface area contributed by atoms with Crippen molar-refractivity contribution < 1.29 is 4.42 Å². The molecule has 0 saturated heterocycles. The number of hydrogen-bond donors (Lipinski definition) is 1. The molecule has 0 radical (unpaired) electrons. The van der Waals surface area contributed by atoms with Crippen LogP contribution in [0, 0.1) is 22.7 Å². The predicted molar refractivity (Wildman–Crippen MR) is 222 cm³/mol. The second-order valence-corrected chi connectivity index (χ2v) is 13.6. The average Bonchev–Trinajstić information content (AvgIpc) is 3.59. The van der Waals surface area contributed by atoms with Crippen LogP contribution in [0.15, 0.2) is 175 Å². The minimum absolute atomic E-state index is 0.0931. The molecule has 8 aromatic rings. The molecule has 7 aromatic carbocycles. The first-order valence-corrected chi connectivity index (χ1v) is 18.1. The summed E-state index contributed by atoms with van der Waals surface area (Å²) in [5.41, 5.74) is 13.0. The molecule has 0 amide bonds. The van der Waals surface area contributed by atoms with Gasteiger partial charge in [-0.05, 0) is 128 Å². The van der Waals surface area contributed by atoms with E-state index in [2.05, 4.69) is 141 Å². The van der Waals surface area contributed by atoms with Gasteiger partial charge in [0.2, 0.25) is 0 Å². The predicted octanol–water partition coefficient (Wildman–Crippen LogP) is 13.7. The van der Waals surface area contributed by atoms with E-state index in [4.69, 9.17) is 4.42 Å². The van der Waals surface area contributed by atoms with E-state index in [0.29, 0.717) is 11.3 Å². The molecule has 8 rings (SSSR count). The van der Waals surface area contributed by atoms with Crippen LogP contribution in [-0.2, 0) is 0 Å². The van der Waals surface area contributed by atoms with Gasteiger partial charge in [0, 0.05) is 22.4 Å². The fourth-order valence-corrected chi connectivity index (χ4v) is 7.37. The molecule has 1 aromatic heterocycles.